The second kappa shape index (κ2) is 3.22. The normalized spacial score (nSPS) is 22.3. The number of hydrogen-bond donors (Lipinski definition) is 2. The Morgan fingerprint density at radius 2 is 2.70 bits per heavy atom. The van der Waals surface area contributed by atoms with Gasteiger partial charge in [0.2, 0.25) is 0 Å². The zero-order valence-corrected chi connectivity index (χ0v) is 5.76. The SMILES string of the molecule is CCNC(=O)C1C=CNO1. The van der Waals surface area contributed by atoms with Crippen LogP contribution >= 0.6 is 0 Å². The number of hydrogen-bond acceptors (Lipinski definition) is 3. The Balaban J connectivity index is 2.33. The number of nitrogens with one attached hydrogen (secondary N) is 2. The summed E-state index contributed by atoms with van der Waals surface area (Å²) in [6.07, 6.45) is 2.80. The van der Waals surface area contributed by atoms with Crippen molar-refractivity contribution in [3.8, 4) is 0 Å². The highest BCUT2D eigenvalue weighted by Crippen LogP contribution is 1.97. The first-order valence-corrected chi connectivity index (χ1v) is 3.20. The van der Waals surface area contributed by atoms with Gasteiger partial charge in [-0.25, -0.2) is 0 Å². The van der Waals surface area contributed by atoms with Gasteiger partial charge in [-0.15, -0.1) is 0 Å². The van der Waals surface area contributed by atoms with E-state index in [1.54, 1.807) is 12.3 Å². The molecule has 0 fully saturated rings. The zero-order valence-electron chi connectivity index (χ0n) is 5.76. The third-order valence-corrected chi connectivity index (χ3v) is 1.14. The van der Waals surface area contributed by atoms with E-state index in [0.717, 1.165) is 0 Å². The lowest BCUT2D eigenvalue weighted by Gasteiger charge is -2.05. The molecule has 1 atom stereocenters. The second-order valence-electron chi connectivity index (χ2n) is 1.91. The lowest BCUT2D eigenvalue weighted by molar-refractivity contribution is -0.131. The maximum atomic E-state index is 10.9. The summed E-state index contributed by atoms with van der Waals surface area (Å²) >= 11 is 0. The van der Waals surface area contributed by atoms with Gasteiger partial charge in [-0.05, 0) is 13.0 Å². The Hall–Kier alpha value is -1.03. The van der Waals surface area contributed by atoms with E-state index in [0.29, 0.717) is 6.54 Å². The Morgan fingerprint density at radius 1 is 1.90 bits per heavy atom. The van der Waals surface area contributed by atoms with E-state index in [4.69, 9.17) is 4.84 Å². The summed E-state index contributed by atoms with van der Waals surface area (Å²) in [5.41, 5.74) is 2.47. The first kappa shape index (κ1) is 7.08. The van der Waals surface area contributed by atoms with Gasteiger partial charge in [-0.1, -0.05) is 0 Å². The molecule has 0 spiro atoms. The fraction of sp³-hybridized carbons (Fsp3) is 0.500. The molecular weight excluding hydrogens is 132 g/mol. The van der Waals surface area contributed by atoms with Crippen molar-refractivity contribution in [2.24, 2.45) is 0 Å². The van der Waals surface area contributed by atoms with Gasteiger partial charge in [0.1, 0.15) is 0 Å². The van der Waals surface area contributed by atoms with E-state index >= 15 is 0 Å². The topological polar surface area (TPSA) is 50.4 Å². The number of rotatable bonds is 2. The van der Waals surface area contributed by atoms with Crippen LogP contribution in [0.2, 0.25) is 0 Å². The van der Waals surface area contributed by atoms with Gasteiger partial charge in [0.15, 0.2) is 6.10 Å². The average Bonchev–Trinajstić information content (AvgIpc) is 2.38. The average molecular weight is 142 g/mol. The lowest BCUT2D eigenvalue weighted by Crippen LogP contribution is -2.34. The van der Waals surface area contributed by atoms with Gasteiger partial charge in [0.25, 0.3) is 5.91 Å². The van der Waals surface area contributed by atoms with Crippen molar-refractivity contribution >= 4 is 5.91 Å². The van der Waals surface area contributed by atoms with E-state index < -0.39 is 6.10 Å². The van der Waals surface area contributed by atoms with Gasteiger partial charge in [0.05, 0.1) is 0 Å². The van der Waals surface area contributed by atoms with E-state index in [1.165, 1.54) is 0 Å². The summed E-state index contributed by atoms with van der Waals surface area (Å²) in [7, 11) is 0. The molecule has 0 saturated heterocycles. The fourth-order valence-electron chi connectivity index (χ4n) is 0.694. The van der Waals surface area contributed by atoms with Crippen molar-refractivity contribution < 1.29 is 9.63 Å². The molecule has 0 aliphatic carbocycles. The molecule has 2 N–H and O–H groups in total. The van der Waals surface area contributed by atoms with Crippen molar-refractivity contribution in [1.82, 2.24) is 10.8 Å². The van der Waals surface area contributed by atoms with Crippen LogP contribution in [0.15, 0.2) is 12.3 Å². The van der Waals surface area contributed by atoms with Crippen molar-refractivity contribution in [1.29, 1.82) is 0 Å². The Kier molecular flexibility index (Phi) is 2.28. The second-order valence-corrected chi connectivity index (χ2v) is 1.91. The van der Waals surface area contributed by atoms with Crippen LogP contribution in [-0.4, -0.2) is 18.6 Å². The van der Waals surface area contributed by atoms with Crippen LogP contribution in [0.4, 0.5) is 0 Å². The van der Waals surface area contributed by atoms with Crippen molar-refractivity contribution in [2.45, 2.75) is 13.0 Å². The van der Waals surface area contributed by atoms with Crippen LogP contribution in [0.1, 0.15) is 6.92 Å². The summed E-state index contributed by atoms with van der Waals surface area (Å²) in [6.45, 7) is 2.50. The van der Waals surface area contributed by atoms with Gasteiger partial charge in [-0.2, -0.15) is 0 Å². The number of amides is 1. The molecule has 1 amide bonds. The number of carbonyl (C=O) groups excluding carboxylic acids is 1. The summed E-state index contributed by atoms with van der Waals surface area (Å²) in [5.74, 6) is -0.108. The van der Waals surface area contributed by atoms with E-state index in [1.807, 2.05) is 6.92 Å². The predicted octanol–water partition coefficient (Wildman–Crippen LogP) is -0.460. The van der Waals surface area contributed by atoms with Crippen molar-refractivity contribution in [3.05, 3.63) is 12.3 Å². The van der Waals surface area contributed by atoms with Crippen LogP contribution in [0.3, 0.4) is 0 Å². The van der Waals surface area contributed by atoms with E-state index in [2.05, 4.69) is 10.8 Å². The molecule has 0 radical (unpaired) electrons. The molecule has 0 bridgehead atoms. The van der Waals surface area contributed by atoms with Gasteiger partial charge in [-0.3, -0.25) is 15.1 Å². The minimum absolute atomic E-state index is 0.108. The molecule has 4 nitrogen and oxygen atoms in total. The number of carbonyl (C=O) groups is 1. The van der Waals surface area contributed by atoms with Crippen LogP contribution in [0.5, 0.6) is 0 Å². The molecular formula is C6H10N2O2. The molecule has 1 rings (SSSR count). The maximum absolute atomic E-state index is 10.9. The Bertz CT molecular complexity index is 156. The van der Waals surface area contributed by atoms with Crippen LogP contribution < -0.4 is 10.8 Å². The minimum atomic E-state index is -0.458. The Labute approximate surface area is 59.2 Å². The van der Waals surface area contributed by atoms with Gasteiger partial charge in [0, 0.05) is 12.7 Å². The molecule has 1 aliphatic rings. The molecule has 4 heteroatoms. The smallest absolute Gasteiger partial charge is 0.255 e. The third-order valence-electron chi connectivity index (χ3n) is 1.14. The number of hydroxylamine groups is 1. The molecule has 1 heterocycles. The van der Waals surface area contributed by atoms with Crippen molar-refractivity contribution in [2.75, 3.05) is 6.54 Å². The lowest BCUT2D eigenvalue weighted by atomic mass is 10.3. The highest BCUT2D eigenvalue weighted by molar-refractivity contribution is 5.82. The first-order valence-electron chi connectivity index (χ1n) is 3.20. The summed E-state index contributed by atoms with van der Waals surface area (Å²) in [5, 5.41) is 2.63. The van der Waals surface area contributed by atoms with E-state index in [9.17, 15) is 4.79 Å². The maximum Gasteiger partial charge on any atom is 0.255 e. The third kappa shape index (κ3) is 1.48. The summed E-state index contributed by atoms with van der Waals surface area (Å²) in [6, 6.07) is 0. The van der Waals surface area contributed by atoms with Gasteiger partial charge >= 0.3 is 0 Å². The first-order chi connectivity index (χ1) is 4.84. The van der Waals surface area contributed by atoms with E-state index in [-0.39, 0.29) is 5.91 Å². The summed E-state index contributed by atoms with van der Waals surface area (Å²) < 4.78 is 0. The molecule has 0 aromatic heterocycles. The predicted molar refractivity (Wildman–Crippen MR) is 35.8 cm³/mol. The minimum Gasteiger partial charge on any atom is -0.354 e. The van der Waals surface area contributed by atoms with Crippen LogP contribution in [-0.2, 0) is 9.63 Å². The molecule has 0 aromatic rings. The highest BCUT2D eigenvalue weighted by atomic mass is 16.7. The van der Waals surface area contributed by atoms with Crippen LogP contribution in [0, 0.1) is 0 Å². The zero-order chi connectivity index (χ0) is 7.40. The quantitative estimate of drug-likeness (QED) is 0.548. The molecule has 1 aliphatic heterocycles. The monoisotopic (exact) mass is 142 g/mol. The molecule has 0 saturated carbocycles. The van der Waals surface area contributed by atoms with Crippen molar-refractivity contribution in [3.63, 3.8) is 0 Å². The summed E-state index contributed by atoms with van der Waals surface area (Å²) in [4.78, 5) is 15.7. The molecule has 10 heavy (non-hydrogen) atoms. The van der Waals surface area contributed by atoms with Crippen LogP contribution in [0.25, 0.3) is 0 Å². The molecule has 56 valence electrons. The largest absolute Gasteiger partial charge is 0.354 e. The Morgan fingerprint density at radius 3 is 3.20 bits per heavy atom. The van der Waals surface area contributed by atoms with Gasteiger partial charge < -0.3 is 5.32 Å². The number of likely N-dealkylation sites (N-methyl/N-ethyl adjacent to an activating group) is 1. The standard InChI is InChI=1S/C6H10N2O2/c1-2-7-6(9)5-3-4-8-10-5/h3-5,8H,2H2,1H3,(H,7,9). The highest BCUT2D eigenvalue weighted by Gasteiger charge is 2.17. The molecule has 0 aromatic carbocycles. The molecule has 1 unspecified atom stereocenters. The fourth-order valence-corrected chi connectivity index (χ4v) is 0.694.